The Morgan fingerprint density at radius 1 is 1.69 bits per heavy atom. The third-order valence-corrected chi connectivity index (χ3v) is 2.39. The minimum Gasteiger partial charge on any atom is -0.348 e. The summed E-state index contributed by atoms with van der Waals surface area (Å²) in [6.45, 7) is 0. The minimum absolute atomic E-state index is 0.0506. The number of carbonyl (C=O) groups excluding carboxylic acids is 1. The van der Waals surface area contributed by atoms with Crippen molar-refractivity contribution in [3.63, 3.8) is 0 Å². The summed E-state index contributed by atoms with van der Waals surface area (Å²) < 4.78 is 1.63. The molecule has 0 spiro atoms. The fourth-order valence-electron chi connectivity index (χ4n) is 1.35. The molecule has 1 amide bonds. The summed E-state index contributed by atoms with van der Waals surface area (Å²) in [5, 5.41) is 6.96. The molecule has 0 unspecified atom stereocenters. The highest BCUT2D eigenvalue weighted by Crippen LogP contribution is 2.18. The molecule has 0 saturated heterocycles. The molecule has 1 fully saturated rings. The first-order valence-electron chi connectivity index (χ1n) is 4.56. The zero-order valence-corrected chi connectivity index (χ0v) is 7.66. The van der Waals surface area contributed by atoms with Gasteiger partial charge in [-0.15, -0.1) is 0 Å². The van der Waals surface area contributed by atoms with Crippen molar-refractivity contribution >= 4 is 5.91 Å². The van der Waals surface area contributed by atoms with Crippen LogP contribution in [-0.2, 0) is 7.05 Å². The van der Waals surface area contributed by atoms with Crippen molar-refractivity contribution in [1.82, 2.24) is 15.1 Å². The lowest BCUT2D eigenvalue weighted by Gasteiger charge is -2.25. The second-order valence-corrected chi connectivity index (χ2v) is 3.48. The maximum absolute atomic E-state index is 11.5. The van der Waals surface area contributed by atoms with E-state index >= 15 is 0 Å². The van der Waals surface area contributed by atoms with E-state index in [-0.39, 0.29) is 5.91 Å². The maximum Gasteiger partial charge on any atom is 0.271 e. The lowest BCUT2D eigenvalue weighted by atomic mass is 9.93. The van der Waals surface area contributed by atoms with Crippen LogP contribution in [0.4, 0.5) is 0 Å². The zero-order chi connectivity index (χ0) is 9.26. The quantitative estimate of drug-likeness (QED) is 0.726. The Kier molecular flexibility index (Phi) is 2.04. The standard InChI is InChI=1S/C9H13N3O/c1-12-6-5-8(11-12)9(13)10-7-3-2-4-7/h5-7H,2-4H2,1H3,(H,10,13). The van der Waals surface area contributed by atoms with Gasteiger partial charge in [-0.2, -0.15) is 5.10 Å². The van der Waals surface area contributed by atoms with Gasteiger partial charge < -0.3 is 5.32 Å². The first kappa shape index (κ1) is 8.29. The average molecular weight is 179 g/mol. The smallest absolute Gasteiger partial charge is 0.271 e. The van der Waals surface area contributed by atoms with Gasteiger partial charge in [0.15, 0.2) is 0 Å². The highest BCUT2D eigenvalue weighted by Gasteiger charge is 2.20. The molecule has 4 heteroatoms. The fraction of sp³-hybridized carbons (Fsp3) is 0.556. The van der Waals surface area contributed by atoms with Crippen LogP contribution in [0.25, 0.3) is 0 Å². The summed E-state index contributed by atoms with van der Waals surface area (Å²) in [6, 6.07) is 2.11. The molecule has 1 N–H and O–H groups in total. The lowest BCUT2D eigenvalue weighted by Crippen LogP contribution is -2.39. The van der Waals surface area contributed by atoms with E-state index in [4.69, 9.17) is 0 Å². The van der Waals surface area contributed by atoms with Gasteiger partial charge in [0.25, 0.3) is 5.91 Å². The van der Waals surface area contributed by atoms with E-state index in [2.05, 4.69) is 10.4 Å². The fourth-order valence-corrected chi connectivity index (χ4v) is 1.35. The third-order valence-electron chi connectivity index (χ3n) is 2.39. The van der Waals surface area contributed by atoms with Gasteiger partial charge in [-0.3, -0.25) is 9.48 Å². The molecule has 70 valence electrons. The van der Waals surface area contributed by atoms with E-state index in [1.807, 2.05) is 0 Å². The Morgan fingerprint density at radius 3 is 2.92 bits per heavy atom. The van der Waals surface area contributed by atoms with Gasteiger partial charge in [-0.1, -0.05) is 0 Å². The Bertz CT molecular complexity index is 314. The molecule has 1 saturated carbocycles. The van der Waals surface area contributed by atoms with E-state index in [1.54, 1.807) is 24.0 Å². The van der Waals surface area contributed by atoms with Gasteiger partial charge in [0, 0.05) is 19.3 Å². The topological polar surface area (TPSA) is 46.9 Å². The summed E-state index contributed by atoms with van der Waals surface area (Å²) in [5.74, 6) is -0.0506. The number of nitrogens with zero attached hydrogens (tertiary/aromatic N) is 2. The van der Waals surface area contributed by atoms with Crippen LogP contribution in [0.15, 0.2) is 12.3 Å². The van der Waals surface area contributed by atoms with Crippen LogP contribution in [0, 0.1) is 0 Å². The molecule has 1 heterocycles. The molecule has 13 heavy (non-hydrogen) atoms. The van der Waals surface area contributed by atoms with Crippen LogP contribution >= 0.6 is 0 Å². The minimum atomic E-state index is -0.0506. The zero-order valence-electron chi connectivity index (χ0n) is 7.66. The largest absolute Gasteiger partial charge is 0.348 e. The van der Waals surface area contributed by atoms with Crippen LogP contribution in [-0.4, -0.2) is 21.7 Å². The van der Waals surface area contributed by atoms with Crippen molar-refractivity contribution in [3.8, 4) is 0 Å². The van der Waals surface area contributed by atoms with Crippen LogP contribution in [0.2, 0.25) is 0 Å². The van der Waals surface area contributed by atoms with Crippen molar-refractivity contribution in [2.75, 3.05) is 0 Å². The first-order valence-corrected chi connectivity index (χ1v) is 4.56. The van der Waals surface area contributed by atoms with Gasteiger partial charge in [0.05, 0.1) is 0 Å². The van der Waals surface area contributed by atoms with Gasteiger partial charge in [0.1, 0.15) is 5.69 Å². The third kappa shape index (κ3) is 1.71. The molecular formula is C9H13N3O. The first-order chi connectivity index (χ1) is 6.25. The molecule has 2 rings (SSSR count). The number of rotatable bonds is 2. The van der Waals surface area contributed by atoms with Crippen LogP contribution in [0.1, 0.15) is 29.8 Å². The van der Waals surface area contributed by atoms with Crippen molar-refractivity contribution in [1.29, 1.82) is 0 Å². The molecule has 0 bridgehead atoms. The summed E-state index contributed by atoms with van der Waals surface area (Å²) in [7, 11) is 1.81. The van der Waals surface area contributed by atoms with E-state index < -0.39 is 0 Å². The number of amides is 1. The molecule has 0 radical (unpaired) electrons. The van der Waals surface area contributed by atoms with E-state index in [1.165, 1.54) is 6.42 Å². The number of carbonyl (C=O) groups is 1. The molecule has 0 atom stereocenters. The molecule has 0 aromatic carbocycles. The predicted octanol–water partition coefficient (Wildman–Crippen LogP) is 0.702. The number of aromatic nitrogens is 2. The van der Waals surface area contributed by atoms with Crippen LogP contribution < -0.4 is 5.32 Å². The normalized spacial score (nSPS) is 16.7. The Hall–Kier alpha value is -1.32. The van der Waals surface area contributed by atoms with Gasteiger partial charge in [0.2, 0.25) is 0 Å². The van der Waals surface area contributed by atoms with Crippen molar-refractivity contribution < 1.29 is 4.79 Å². The van der Waals surface area contributed by atoms with Crippen LogP contribution in [0.3, 0.4) is 0 Å². The maximum atomic E-state index is 11.5. The van der Waals surface area contributed by atoms with E-state index in [9.17, 15) is 4.79 Å². The predicted molar refractivity (Wildman–Crippen MR) is 48.3 cm³/mol. The highest BCUT2D eigenvalue weighted by atomic mass is 16.2. The second-order valence-electron chi connectivity index (χ2n) is 3.48. The van der Waals surface area contributed by atoms with Crippen molar-refractivity contribution in [2.24, 2.45) is 7.05 Å². The average Bonchev–Trinajstić information content (AvgIpc) is 2.44. The van der Waals surface area contributed by atoms with Crippen molar-refractivity contribution in [3.05, 3.63) is 18.0 Å². The molecule has 1 aliphatic rings. The lowest BCUT2D eigenvalue weighted by molar-refractivity contribution is 0.0911. The van der Waals surface area contributed by atoms with Gasteiger partial charge in [-0.05, 0) is 25.3 Å². The highest BCUT2D eigenvalue weighted by molar-refractivity contribution is 5.92. The number of hydrogen-bond acceptors (Lipinski definition) is 2. The number of aryl methyl sites for hydroxylation is 1. The molecular weight excluding hydrogens is 166 g/mol. The molecule has 0 aliphatic heterocycles. The Morgan fingerprint density at radius 2 is 2.46 bits per heavy atom. The van der Waals surface area contributed by atoms with Gasteiger partial charge >= 0.3 is 0 Å². The summed E-state index contributed by atoms with van der Waals surface area (Å²) in [6.07, 6.45) is 5.22. The number of nitrogens with one attached hydrogen (secondary N) is 1. The number of hydrogen-bond donors (Lipinski definition) is 1. The SMILES string of the molecule is Cn1ccc(C(=O)NC2CCC2)n1. The van der Waals surface area contributed by atoms with Crippen molar-refractivity contribution in [2.45, 2.75) is 25.3 Å². The summed E-state index contributed by atoms with van der Waals surface area (Å²) in [4.78, 5) is 11.5. The van der Waals surface area contributed by atoms with E-state index in [0.717, 1.165) is 12.8 Å². The monoisotopic (exact) mass is 179 g/mol. The molecule has 1 aromatic rings. The molecule has 4 nitrogen and oxygen atoms in total. The Labute approximate surface area is 76.9 Å². The molecule has 1 aromatic heterocycles. The molecule has 1 aliphatic carbocycles. The van der Waals surface area contributed by atoms with Gasteiger partial charge in [-0.25, -0.2) is 0 Å². The second kappa shape index (κ2) is 3.20. The summed E-state index contributed by atoms with van der Waals surface area (Å²) >= 11 is 0. The van der Waals surface area contributed by atoms with E-state index in [0.29, 0.717) is 11.7 Å². The summed E-state index contributed by atoms with van der Waals surface area (Å²) in [5.41, 5.74) is 0.509. The van der Waals surface area contributed by atoms with Crippen LogP contribution in [0.5, 0.6) is 0 Å². The Balaban J connectivity index is 1.96.